The number of nitrogens with one attached hydrogen (secondary N) is 1. The minimum Gasteiger partial charge on any atom is -0.493 e. The van der Waals surface area contributed by atoms with Crippen LogP contribution in [0.2, 0.25) is 0 Å². The first kappa shape index (κ1) is 14.9. The zero-order valence-electron chi connectivity index (χ0n) is 10.7. The lowest BCUT2D eigenvalue weighted by molar-refractivity contribution is 0.112. The first-order chi connectivity index (χ1) is 9.07. The van der Waals surface area contributed by atoms with Crippen molar-refractivity contribution in [3.05, 3.63) is 17.7 Å². The number of halogens is 2. The molecule has 0 amide bonds. The maximum Gasteiger partial charge on any atom is 0.295 e. The number of carbonyl (C=O) groups excluding carboxylic acids is 1. The number of aldehydes is 1. The second kappa shape index (κ2) is 6.67. The highest BCUT2D eigenvalue weighted by Crippen LogP contribution is 2.32. The van der Waals surface area contributed by atoms with Gasteiger partial charge in [-0.2, -0.15) is 0 Å². The molecule has 7 heteroatoms. The molecule has 0 heterocycles. The van der Waals surface area contributed by atoms with Crippen LogP contribution in [-0.2, 0) is 0 Å². The van der Waals surface area contributed by atoms with Crippen LogP contribution in [0.5, 0.6) is 11.5 Å². The molecule has 0 aromatic heterocycles. The van der Waals surface area contributed by atoms with E-state index in [-0.39, 0.29) is 11.3 Å². The highest BCUT2D eigenvalue weighted by Gasteiger charge is 2.16. The molecule has 0 aliphatic heterocycles. The van der Waals surface area contributed by atoms with Gasteiger partial charge in [-0.05, 0) is 6.07 Å². The average Bonchev–Trinajstić information content (AvgIpc) is 2.43. The fourth-order valence-electron chi connectivity index (χ4n) is 1.45. The quantitative estimate of drug-likeness (QED) is 0.507. The smallest absolute Gasteiger partial charge is 0.295 e. The van der Waals surface area contributed by atoms with Crippen LogP contribution >= 0.6 is 0 Å². The van der Waals surface area contributed by atoms with Gasteiger partial charge < -0.3 is 14.8 Å². The molecule has 1 aromatic rings. The van der Waals surface area contributed by atoms with Crippen LogP contribution in [0, 0.1) is 0 Å². The van der Waals surface area contributed by atoms with E-state index in [1.54, 1.807) is 0 Å². The average molecular weight is 272 g/mol. The van der Waals surface area contributed by atoms with Crippen molar-refractivity contribution in [3.63, 3.8) is 0 Å². The second-order valence-corrected chi connectivity index (χ2v) is 3.45. The van der Waals surface area contributed by atoms with Crippen molar-refractivity contribution in [2.45, 2.75) is 6.43 Å². The van der Waals surface area contributed by atoms with E-state index >= 15 is 0 Å². The second-order valence-electron chi connectivity index (χ2n) is 3.45. The largest absolute Gasteiger partial charge is 0.493 e. The van der Waals surface area contributed by atoms with E-state index < -0.39 is 12.3 Å². The number of anilines is 1. The van der Waals surface area contributed by atoms with E-state index in [0.29, 0.717) is 17.8 Å². The fraction of sp³-hybridized carbons (Fsp3) is 0.333. The molecule has 19 heavy (non-hydrogen) atoms. The van der Waals surface area contributed by atoms with Gasteiger partial charge in [-0.25, -0.2) is 8.78 Å². The zero-order valence-corrected chi connectivity index (χ0v) is 10.7. The Morgan fingerprint density at radius 2 is 1.89 bits per heavy atom. The van der Waals surface area contributed by atoms with Gasteiger partial charge in [0.15, 0.2) is 23.6 Å². The Morgan fingerprint density at radius 3 is 2.32 bits per heavy atom. The van der Waals surface area contributed by atoms with E-state index in [0.717, 1.165) is 0 Å². The molecule has 5 nitrogen and oxygen atoms in total. The molecule has 1 N–H and O–H groups in total. The Morgan fingerprint density at radius 1 is 1.32 bits per heavy atom. The van der Waals surface area contributed by atoms with E-state index in [9.17, 15) is 13.6 Å². The van der Waals surface area contributed by atoms with Crippen LogP contribution in [0.3, 0.4) is 0 Å². The van der Waals surface area contributed by atoms with Gasteiger partial charge in [-0.3, -0.25) is 9.79 Å². The molecule has 0 unspecified atom stereocenters. The van der Waals surface area contributed by atoms with Crippen molar-refractivity contribution in [2.75, 3.05) is 26.6 Å². The number of benzene rings is 1. The van der Waals surface area contributed by atoms with Crippen LogP contribution in [0.25, 0.3) is 0 Å². The number of amidine groups is 1. The molecule has 104 valence electrons. The predicted octanol–water partition coefficient (Wildman–Crippen LogP) is 2.22. The minimum absolute atomic E-state index is 0.166. The van der Waals surface area contributed by atoms with E-state index in [4.69, 9.17) is 9.47 Å². The monoisotopic (exact) mass is 272 g/mol. The number of rotatable bonds is 5. The lowest BCUT2D eigenvalue weighted by Gasteiger charge is -2.14. The summed E-state index contributed by atoms with van der Waals surface area (Å²) < 4.78 is 35.3. The van der Waals surface area contributed by atoms with Gasteiger partial charge in [-0.1, -0.05) is 0 Å². The normalized spacial score (nSPS) is 11.4. The Hall–Kier alpha value is -2.18. The van der Waals surface area contributed by atoms with Gasteiger partial charge in [0, 0.05) is 18.7 Å². The third kappa shape index (κ3) is 3.40. The number of aliphatic imine (C=N–C) groups is 1. The molecule has 0 fully saturated rings. The summed E-state index contributed by atoms with van der Waals surface area (Å²) >= 11 is 0. The third-order valence-electron chi connectivity index (χ3n) is 2.39. The molecule has 0 bridgehead atoms. The van der Waals surface area contributed by atoms with Crippen molar-refractivity contribution < 1.29 is 23.0 Å². The first-order valence-corrected chi connectivity index (χ1v) is 5.30. The maximum absolute atomic E-state index is 12.6. The topological polar surface area (TPSA) is 59.9 Å². The van der Waals surface area contributed by atoms with Gasteiger partial charge in [0.25, 0.3) is 6.43 Å². The first-order valence-electron chi connectivity index (χ1n) is 5.30. The van der Waals surface area contributed by atoms with Crippen LogP contribution in [0.4, 0.5) is 14.5 Å². The van der Waals surface area contributed by atoms with Crippen molar-refractivity contribution >= 4 is 17.8 Å². The van der Waals surface area contributed by atoms with Crippen LogP contribution in [-0.4, -0.2) is 39.8 Å². The summed E-state index contributed by atoms with van der Waals surface area (Å²) in [5.74, 6) is 0.123. The van der Waals surface area contributed by atoms with E-state index in [1.807, 2.05) is 0 Å². The van der Waals surface area contributed by atoms with Gasteiger partial charge in [0.05, 0.1) is 19.9 Å². The Balaban J connectivity index is 3.22. The van der Waals surface area contributed by atoms with Crippen molar-refractivity contribution in [1.82, 2.24) is 0 Å². The minimum atomic E-state index is -2.77. The van der Waals surface area contributed by atoms with Crippen LogP contribution in [0.15, 0.2) is 17.1 Å². The Kier molecular flexibility index (Phi) is 5.23. The number of nitrogens with zero attached hydrogens (tertiary/aromatic N) is 1. The summed E-state index contributed by atoms with van der Waals surface area (Å²) in [5, 5.41) is 2.41. The number of alkyl halides is 2. The molecule has 0 saturated heterocycles. The molecule has 0 spiro atoms. The number of hydrogen-bond acceptors (Lipinski definition) is 4. The molecule has 0 aliphatic rings. The lowest BCUT2D eigenvalue weighted by atomic mass is 10.1. The molecule has 0 atom stereocenters. The summed E-state index contributed by atoms with van der Waals surface area (Å²) in [6.45, 7) is 0. The Bertz CT molecular complexity index is 490. The van der Waals surface area contributed by atoms with Crippen molar-refractivity contribution in [1.29, 1.82) is 0 Å². The summed E-state index contributed by atoms with van der Waals surface area (Å²) in [5.41, 5.74) is 0.341. The lowest BCUT2D eigenvalue weighted by Crippen LogP contribution is -2.21. The van der Waals surface area contributed by atoms with E-state index in [2.05, 4.69) is 10.3 Å². The number of methoxy groups -OCH3 is 2. The molecule has 1 rings (SSSR count). The number of hydrogen-bond donors (Lipinski definition) is 1. The maximum atomic E-state index is 12.6. The highest BCUT2D eigenvalue weighted by molar-refractivity contribution is 6.01. The van der Waals surface area contributed by atoms with Crippen LogP contribution in [0.1, 0.15) is 10.4 Å². The summed E-state index contributed by atoms with van der Waals surface area (Å²) in [6.07, 6.45) is -2.24. The highest BCUT2D eigenvalue weighted by atomic mass is 19.3. The number of ether oxygens (including phenoxy) is 2. The molecule has 1 aromatic carbocycles. The van der Waals surface area contributed by atoms with Gasteiger partial charge in [-0.15, -0.1) is 0 Å². The Labute approximate surface area is 109 Å². The molecular formula is C12H14F2N2O3. The summed E-state index contributed by atoms with van der Waals surface area (Å²) in [4.78, 5) is 14.4. The van der Waals surface area contributed by atoms with Crippen molar-refractivity contribution in [3.8, 4) is 11.5 Å². The fourth-order valence-corrected chi connectivity index (χ4v) is 1.45. The van der Waals surface area contributed by atoms with Gasteiger partial charge >= 0.3 is 0 Å². The van der Waals surface area contributed by atoms with Crippen molar-refractivity contribution in [2.24, 2.45) is 4.99 Å². The molecule has 0 aliphatic carbocycles. The van der Waals surface area contributed by atoms with Crippen LogP contribution < -0.4 is 14.8 Å². The number of carbonyl (C=O) groups is 1. The molecular weight excluding hydrogens is 258 g/mol. The zero-order chi connectivity index (χ0) is 14.4. The SMILES string of the molecule is CN=C(Nc1cc(OC)c(OC)cc1C=O)C(F)F. The van der Waals surface area contributed by atoms with E-state index in [1.165, 1.54) is 33.4 Å². The summed E-state index contributed by atoms with van der Waals surface area (Å²) in [7, 11) is 4.05. The summed E-state index contributed by atoms with van der Waals surface area (Å²) in [6, 6.07) is 2.79. The third-order valence-corrected chi connectivity index (χ3v) is 2.39. The predicted molar refractivity (Wildman–Crippen MR) is 67.9 cm³/mol. The standard InChI is InChI=1S/C12H14F2N2O3/c1-15-12(11(13)14)16-8-5-10(19-3)9(18-2)4-7(8)6-17/h4-6,11H,1-3H3,(H,15,16). The van der Waals surface area contributed by atoms with Gasteiger partial charge in [0.2, 0.25) is 0 Å². The van der Waals surface area contributed by atoms with Gasteiger partial charge in [0.1, 0.15) is 0 Å². The molecule has 0 radical (unpaired) electrons. The molecule has 0 saturated carbocycles.